The van der Waals surface area contributed by atoms with Gasteiger partial charge in [-0.05, 0) is 19.3 Å². The zero-order chi connectivity index (χ0) is 24.2. The fourth-order valence-electron chi connectivity index (χ4n) is 2.98. The number of phosphoric acid groups is 1. The lowest BCUT2D eigenvalue weighted by Gasteiger charge is -2.19. The van der Waals surface area contributed by atoms with E-state index in [0.29, 0.717) is 6.42 Å². The van der Waals surface area contributed by atoms with Gasteiger partial charge in [-0.25, -0.2) is 4.57 Å². The van der Waals surface area contributed by atoms with E-state index in [2.05, 4.69) is 6.92 Å². The third-order valence-electron chi connectivity index (χ3n) is 4.93. The second-order valence-electron chi connectivity index (χ2n) is 8.13. The second-order valence-corrected chi connectivity index (χ2v) is 9.58. The molecular formula is C23H44NO7P. The number of nitrogens with two attached hydrogens (primary N) is 1. The third-order valence-corrected chi connectivity index (χ3v) is 5.91. The van der Waals surface area contributed by atoms with Crippen LogP contribution in [0.15, 0.2) is 12.2 Å². The minimum Gasteiger partial charge on any atom is -0.465 e. The number of phosphoric ester groups is 1. The summed E-state index contributed by atoms with van der Waals surface area (Å²) in [7, 11) is -4.27. The number of rotatable bonds is 21. The Morgan fingerprint density at radius 3 is 2.38 bits per heavy atom. The van der Waals surface area contributed by atoms with Crippen molar-refractivity contribution in [3.05, 3.63) is 12.2 Å². The Morgan fingerprint density at radius 2 is 1.72 bits per heavy atom. The van der Waals surface area contributed by atoms with Crippen molar-refractivity contribution in [3.63, 3.8) is 0 Å². The summed E-state index contributed by atoms with van der Waals surface area (Å²) in [5.41, 5.74) is 5.26. The monoisotopic (exact) mass is 477 g/mol. The van der Waals surface area contributed by atoms with E-state index in [4.69, 9.17) is 19.5 Å². The standard InChI is InChI=1S/C23H44NO7P/c1-4-6-7-8-9-10-11-12-14-20(3)22(25)17-21(18-29-23(26)13-5-2)19-31-32(27,28)30-16-15-24/h12,14,20-21H,4-11,13,15-19,24H2,1-3H3,(H,27,28)/b14-12-. The minimum atomic E-state index is -4.27. The maximum atomic E-state index is 12.6. The molecular weight excluding hydrogens is 433 g/mol. The average Bonchev–Trinajstić information content (AvgIpc) is 2.76. The predicted octanol–water partition coefficient (Wildman–Crippen LogP) is 4.94. The van der Waals surface area contributed by atoms with Crippen molar-refractivity contribution in [2.45, 2.75) is 85.0 Å². The molecule has 3 N–H and O–H groups in total. The number of esters is 1. The molecule has 0 spiro atoms. The summed E-state index contributed by atoms with van der Waals surface area (Å²) in [5.74, 6) is -1.25. The first-order valence-electron chi connectivity index (χ1n) is 11.9. The number of hydrogen-bond acceptors (Lipinski definition) is 7. The summed E-state index contributed by atoms with van der Waals surface area (Å²) in [6, 6.07) is 0. The molecule has 0 aliphatic heterocycles. The van der Waals surface area contributed by atoms with Gasteiger partial charge >= 0.3 is 13.8 Å². The number of carbonyl (C=O) groups is 2. The maximum absolute atomic E-state index is 12.6. The van der Waals surface area contributed by atoms with Gasteiger partial charge in [-0.2, -0.15) is 0 Å². The van der Waals surface area contributed by atoms with Gasteiger partial charge in [0.1, 0.15) is 5.78 Å². The molecule has 0 radical (unpaired) electrons. The first kappa shape index (κ1) is 30.9. The van der Waals surface area contributed by atoms with Gasteiger partial charge in [0.05, 0.1) is 19.8 Å². The zero-order valence-electron chi connectivity index (χ0n) is 20.1. The Kier molecular flexibility index (Phi) is 18.8. The van der Waals surface area contributed by atoms with E-state index in [1.165, 1.54) is 32.1 Å². The van der Waals surface area contributed by atoms with Crippen LogP contribution < -0.4 is 5.73 Å². The first-order valence-corrected chi connectivity index (χ1v) is 13.4. The number of hydrogen-bond donors (Lipinski definition) is 2. The van der Waals surface area contributed by atoms with E-state index in [1.54, 1.807) is 0 Å². The summed E-state index contributed by atoms with van der Waals surface area (Å²) >= 11 is 0. The van der Waals surface area contributed by atoms with Gasteiger partial charge in [-0.1, -0.05) is 65.0 Å². The summed E-state index contributed by atoms with van der Waals surface area (Å²) in [5, 5.41) is 0. The Morgan fingerprint density at radius 1 is 1.03 bits per heavy atom. The van der Waals surface area contributed by atoms with Crippen LogP contribution in [0.4, 0.5) is 0 Å². The molecule has 9 heteroatoms. The van der Waals surface area contributed by atoms with E-state index < -0.39 is 13.7 Å². The molecule has 0 heterocycles. The molecule has 0 aliphatic carbocycles. The molecule has 0 aromatic heterocycles. The van der Waals surface area contributed by atoms with Crippen molar-refractivity contribution < 1.29 is 32.8 Å². The number of Topliss-reactive ketones (excluding diaryl/α,β-unsaturated/α-hetero) is 1. The number of carbonyl (C=O) groups excluding carboxylic acids is 2. The first-order chi connectivity index (χ1) is 15.3. The van der Waals surface area contributed by atoms with E-state index in [0.717, 1.165) is 12.8 Å². The molecule has 0 bridgehead atoms. The molecule has 3 unspecified atom stereocenters. The molecule has 0 fully saturated rings. The SMILES string of the molecule is CCCCCCCC/C=C\C(C)C(=O)CC(COC(=O)CCC)COP(=O)(O)OCCN. The normalized spacial score (nSPS) is 15.4. The topological polar surface area (TPSA) is 125 Å². The highest BCUT2D eigenvalue weighted by atomic mass is 31.2. The van der Waals surface area contributed by atoms with E-state index in [1.807, 2.05) is 26.0 Å². The Labute approximate surface area is 193 Å². The highest BCUT2D eigenvalue weighted by Crippen LogP contribution is 2.43. The van der Waals surface area contributed by atoms with Crippen LogP contribution in [0.2, 0.25) is 0 Å². The molecule has 3 atom stereocenters. The molecule has 0 rings (SSSR count). The van der Waals surface area contributed by atoms with Crippen molar-refractivity contribution in [3.8, 4) is 0 Å². The van der Waals surface area contributed by atoms with Crippen molar-refractivity contribution in [1.29, 1.82) is 0 Å². The van der Waals surface area contributed by atoms with Gasteiger partial charge < -0.3 is 15.4 Å². The number of allylic oxidation sites excluding steroid dienone is 2. The number of unbranched alkanes of at least 4 members (excludes halogenated alkanes) is 6. The summed E-state index contributed by atoms with van der Waals surface area (Å²) in [6.07, 6.45) is 13.2. The quantitative estimate of drug-likeness (QED) is 0.103. The number of ether oxygens (including phenoxy) is 1. The van der Waals surface area contributed by atoms with Crippen LogP contribution in [-0.4, -0.2) is 43.0 Å². The van der Waals surface area contributed by atoms with Gasteiger partial charge in [-0.3, -0.25) is 18.6 Å². The number of ketones is 1. The lowest BCUT2D eigenvalue weighted by molar-refractivity contribution is -0.146. The Bertz CT molecular complexity index is 583. The summed E-state index contributed by atoms with van der Waals surface area (Å²) in [6.45, 7) is 5.54. The van der Waals surface area contributed by atoms with Crippen LogP contribution in [0.1, 0.15) is 85.0 Å². The summed E-state index contributed by atoms with van der Waals surface area (Å²) in [4.78, 5) is 34.0. The highest BCUT2D eigenvalue weighted by Gasteiger charge is 2.26. The van der Waals surface area contributed by atoms with Crippen molar-refractivity contribution in [2.24, 2.45) is 17.6 Å². The van der Waals surface area contributed by atoms with Gasteiger partial charge in [0.15, 0.2) is 0 Å². The third kappa shape index (κ3) is 17.5. The fraction of sp³-hybridized carbons (Fsp3) is 0.826. The second kappa shape index (κ2) is 19.4. The Hall–Kier alpha value is -1.05. The lowest BCUT2D eigenvalue weighted by Crippen LogP contribution is -2.24. The molecule has 0 saturated carbocycles. The van der Waals surface area contributed by atoms with Gasteiger partial charge in [0.25, 0.3) is 0 Å². The van der Waals surface area contributed by atoms with Crippen LogP contribution in [0.5, 0.6) is 0 Å². The molecule has 0 aromatic carbocycles. The maximum Gasteiger partial charge on any atom is 0.472 e. The molecule has 32 heavy (non-hydrogen) atoms. The van der Waals surface area contributed by atoms with E-state index >= 15 is 0 Å². The van der Waals surface area contributed by atoms with Crippen LogP contribution >= 0.6 is 7.82 Å². The van der Waals surface area contributed by atoms with Crippen LogP contribution in [0.3, 0.4) is 0 Å². The Balaban J connectivity index is 4.61. The molecule has 188 valence electrons. The lowest BCUT2D eigenvalue weighted by atomic mass is 9.95. The molecule has 8 nitrogen and oxygen atoms in total. The smallest absolute Gasteiger partial charge is 0.465 e. The molecule has 0 aliphatic rings. The largest absolute Gasteiger partial charge is 0.472 e. The molecule has 0 aromatic rings. The van der Waals surface area contributed by atoms with Crippen LogP contribution in [0.25, 0.3) is 0 Å². The minimum absolute atomic E-state index is 0.0417. The fourth-order valence-corrected chi connectivity index (χ4v) is 3.79. The molecule has 0 saturated heterocycles. The van der Waals surface area contributed by atoms with E-state index in [9.17, 15) is 19.0 Å². The van der Waals surface area contributed by atoms with Crippen molar-refractivity contribution in [2.75, 3.05) is 26.4 Å². The van der Waals surface area contributed by atoms with Crippen molar-refractivity contribution >= 4 is 19.6 Å². The highest BCUT2D eigenvalue weighted by molar-refractivity contribution is 7.47. The van der Waals surface area contributed by atoms with E-state index in [-0.39, 0.29) is 56.9 Å². The van der Waals surface area contributed by atoms with Gasteiger partial charge in [-0.15, -0.1) is 0 Å². The van der Waals surface area contributed by atoms with Crippen LogP contribution in [-0.2, 0) is 27.9 Å². The summed E-state index contributed by atoms with van der Waals surface area (Å²) < 4.78 is 26.8. The average molecular weight is 478 g/mol. The zero-order valence-corrected chi connectivity index (χ0v) is 21.0. The molecule has 0 amide bonds. The van der Waals surface area contributed by atoms with Crippen LogP contribution in [0, 0.1) is 11.8 Å². The van der Waals surface area contributed by atoms with Gasteiger partial charge in [0, 0.05) is 31.2 Å². The predicted molar refractivity (Wildman–Crippen MR) is 126 cm³/mol. The van der Waals surface area contributed by atoms with Gasteiger partial charge in [0.2, 0.25) is 0 Å². The van der Waals surface area contributed by atoms with Crippen molar-refractivity contribution in [1.82, 2.24) is 0 Å².